The molecule has 1 unspecified atom stereocenters. The number of ether oxygens (including phenoxy) is 1. The molecule has 2 fully saturated rings. The molecule has 0 aliphatic carbocycles. The predicted octanol–water partition coefficient (Wildman–Crippen LogP) is 2.08. The van der Waals surface area contributed by atoms with Crippen LogP contribution in [0.15, 0.2) is 29.3 Å². The number of thioether (sulfide) groups is 1. The molecule has 0 aromatic heterocycles. The van der Waals surface area contributed by atoms with Crippen molar-refractivity contribution in [2.24, 2.45) is 4.99 Å². The van der Waals surface area contributed by atoms with Crippen LogP contribution in [0.4, 0.5) is 0 Å². The second-order valence-electron chi connectivity index (χ2n) is 6.65. The molecule has 1 aromatic rings. The van der Waals surface area contributed by atoms with E-state index >= 15 is 0 Å². The number of hydrogen-bond donors (Lipinski definition) is 2. The SMILES string of the molecule is CN=C(NCc1ccc(CN2CCOCC2)cc1)NCC1CCCS1. The number of rotatable bonds is 6. The maximum atomic E-state index is 5.41. The highest BCUT2D eigenvalue weighted by atomic mass is 32.2. The molecular weight excluding hydrogens is 332 g/mol. The second kappa shape index (κ2) is 10.0. The van der Waals surface area contributed by atoms with Crippen LogP contribution in [0.2, 0.25) is 0 Å². The van der Waals surface area contributed by atoms with E-state index in [0.717, 1.165) is 57.1 Å². The third-order valence-electron chi connectivity index (χ3n) is 4.74. The van der Waals surface area contributed by atoms with Crippen molar-refractivity contribution in [3.8, 4) is 0 Å². The minimum atomic E-state index is 0.734. The van der Waals surface area contributed by atoms with Gasteiger partial charge in [-0.25, -0.2) is 0 Å². The zero-order chi connectivity index (χ0) is 17.3. The Morgan fingerprint density at radius 1 is 1.20 bits per heavy atom. The number of guanidine groups is 1. The summed E-state index contributed by atoms with van der Waals surface area (Å²) in [6, 6.07) is 8.89. The van der Waals surface area contributed by atoms with Gasteiger partial charge in [0.25, 0.3) is 0 Å². The Labute approximate surface area is 155 Å². The van der Waals surface area contributed by atoms with Gasteiger partial charge in [0.15, 0.2) is 5.96 Å². The van der Waals surface area contributed by atoms with Crippen LogP contribution >= 0.6 is 11.8 Å². The summed E-state index contributed by atoms with van der Waals surface area (Å²) in [7, 11) is 1.84. The molecule has 5 nitrogen and oxygen atoms in total. The average molecular weight is 363 g/mol. The van der Waals surface area contributed by atoms with Gasteiger partial charge in [-0.05, 0) is 29.7 Å². The van der Waals surface area contributed by atoms with E-state index in [1.54, 1.807) is 0 Å². The molecule has 0 bridgehead atoms. The normalized spacial score (nSPS) is 22.1. The van der Waals surface area contributed by atoms with E-state index in [0.29, 0.717) is 0 Å². The topological polar surface area (TPSA) is 48.9 Å². The average Bonchev–Trinajstić information content (AvgIpc) is 3.18. The molecule has 25 heavy (non-hydrogen) atoms. The van der Waals surface area contributed by atoms with Crippen LogP contribution < -0.4 is 10.6 Å². The number of benzene rings is 1. The highest BCUT2D eigenvalue weighted by molar-refractivity contribution is 8.00. The van der Waals surface area contributed by atoms with Crippen molar-refractivity contribution in [1.29, 1.82) is 0 Å². The van der Waals surface area contributed by atoms with Gasteiger partial charge in [-0.1, -0.05) is 24.3 Å². The van der Waals surface area contributed by atoms with E-state index in [1.165, 1.54) is 29.7 Å². The Bertz CT molecular complexity index is 537. The lowest BCUT2D eigenvalue weighted by atomic mass is 10.1. The van der Waals surface area contributed by atoms with Crippen LogP contribution in [0, 0.1) is 0 Å². The lowest BCUT2D eigenvalue weighted by molar-refractivity contribution is 0.0342. The summed E-state index contributed by atoms with van der Waals surface area (Å²) in [6.45, 7) is 6.59. The Balaban J connectivity index is 1.40. The lowest BCUT2D eigenvalue weighted by Gasteiger charge is -2.26. The standard InChI is InChI=1S/C19H30N4OS/c1-20-19(22-14-18-3-2-12-25-18)21-13-16-4-6-17(7-5-16)15-23-8-10-24-11-9-23/h4-7,18H,2-3,8-15H2,1H3,(H2,20,21,22). The van der Waals surface area contributed by atoms with Gasteiger partial charge in [0.2, 0.25) is 0 Å². The van der Waals surface area contributed by atoms with Gasteiger partial charge in [-0.15, -0.1) is 0 Å². The van der Waals surface area contributed by atoms with Crippen LogP contribution in [0.1, 0.15) is 24.0 Å². The van der Waals surface area contributed by atoms with Crippen molar-refractivity contribution < 1.29 is 4.74 Å². The minimum absolute atomic E-state index is 0.734. The summed E-state index contributed by atoms with van der Waals surface area (Å²) in [4.78, 5) is 6.77. The maximum Gasteiger partial charge on any atom is 0.191 e. The van der Waals surface area contributed by atoms with Gasteiger partial charge >= 0.3 is 0 Å². The Morgan fingerprint density at radius 2 is 1.96 bits per heavy atom. The summed E-state index contributed by atoms with van der Waals surface area (Å²) >= 11 is 2.07. The highest BCUT2D eigenvalue weighted by Gasteiger charge is 2.15. The molecule has 1 atom stereocenters. The fraction of sp³-hybridized carbons (Fsp3) is 0.632. The predicted molar refractivity (Wildman–Crippen MR) is 106 cm³/mol. The monoisotopic (exact) mass is 362 g/mol. The zero-order valence-corrected chi connectivity index (χ0v) is 16.0. The third-order valence-corrected chi connectivity index (χ3v) is 6.14. The van der Waals surface area contributed by atoms with Gasteiger partial charge in [0, 0.05) is 45.0 Å². The van der Waals surface area contributed by atoms with Crippen LogP contribution in [0.25, 0.3) is 0 Å². The molecule has 3 rings (SSSR count). The zero-order valence-electron chi connectivity index (χ0n) is 15.2. The van der Waals surface area contributed by atoms with E-state index in [2.05, 4.69) is 56.6 Å². The first-order valence-corrected chi connectivity index (χ1v) is 10.3. The third kappa shape index (κ3) is 6.20. The Kier molecular flexibility index (Phi) is 7.45. The van der Waals surface area contributed by atoms with Crippen LogP contribution in [0.5, 0.6) is 0 Å². The van der Waals surface area contributed by atoms with Crippen molar-refractivity contribution in [2.45, 2.75) is 31.2 Å². The summed E-state index contributed by atoms with van der Waals surface area (Å²) in [5.74, 6) is 2.19. The molecule has 0 amide bonds. The van der Waals surface area contributed by atoms with Gasteiger partial charge in [0.1, 0.15) is 0 Å². The van der Waals surface area contributed by atoms with Gasteiger partial charge < -0.3 is 15.4 Å². The van der Waals surface area contributed by atoms with Crippen molar-refractivity contribution in [1.82, 2.24) is 15.5 Å². The fourth-order valence-corrected chi connectivity index (χ4v) is 4.40. The molecule has 0 spiro atoms. The first-order valence-electron chi connectivity index (χ1n) is 9.27. The molecule has 1 aromatic carbocycles. The first-order chi connectivity index (χ1) is 12.3. The summed E-state index contributed by atoms with van der Waals surface area (Å²) in [5.41, 5.74) is 2.65. The van der Waals surface area contributed by atoms with Gasteiger partial charge in [0.05, 0.1) is 13.2 Å². The second-order valence-corrected chi connectivity index (χ2v) is 8.05. The molecule has 0 radical (unpaired) electrons. The highest BCUT2D eigenvalue weighted by Crippen LogP contribution is 2.25. The summed E-state index contributed by atoms with van der Waals surface area (Å²) in [6.07, 6.45) is 2.67. The lowest BCUT2D eigenvalue weighted by Crippen LogP contribution is -2.39. The molecule has 0 saturated carbocycles. The number of hydrogen-bond acceptors (Lipinski definition) is 4. The van der Waals surface area contributed by atoms with Gasteiger partial charge in [-0.3, -0.25) is 9.89 Å². The van der Waals surface area contributed by atoms with Crippen molar-refractivity contribution in [3.63, 3.8) is 0 Å². The van der Waals surface area contributed by atoms with Gasteiger partial charge in [-0.2, -0.15) is 11.8 Å². The molecule has 2 saturated heterocycles. The molecule has 2 aliphatic heterocycles. The van der Waals surface area contributed by atoms with Crippen LogP contribution in [0.3, 0.4) is 0 Å². The van der Waals surface area contributed by atoms with Crippen LogP contribution in [-0.2, 0) is 17.8 Å². The molecule has 138 valence electrons. The quantitative estimate of drug-likeness (QED) is 0.599. The fourth-order valence-electron chi connectivity index (χ4n) is 3.20. The first kappa shape index (κ1) is 18.5. The Hall–Kier alpha value is -1.24. The van der Waals surface area contributed by atoms with E-state index in [1.807, 2.05) is 7.05 Å². The number of aliphatic imine (C=N–C) groups is 1. The van der Waals surface area contributed by atoms with Crippen LogP contribution in [-0.4, -0.2) is 61.8 Å². The number of nitrogens with zero attached hydrogens (tertiary/aromatic N) is 2. The molecule has 2 heterocycles. The molecule has 2 aliphatic rings. The van der Waals surface area contributed by atoms with Crippen molar-refractivity contribution in [3.05, 3.63) is 35.4 Å². The maximum absolute atomic E-state index is 5.41. The van der Waals surface area contributed by atoms with E-state index in [9.17, 15) is 0 Å². The van der Waals surface area contributed by atoms with E-state index in [-0.39, 0.29) is 0 Å². The van der Waals surface area contributed by atoms with E-state index < -0.39 is 0 Å². The number of morpholine rings is 1. The molecule has 2 N–H and O–H groups in total. The molecule has 6 heteroatoms. The largest absolute Gasteiger partial charge is 0.379 e. The van der Waals surface area contributed by atoms with Crippen molar-refractivity contribution >= 4 is 17.7 Å². The Morgan fingerprint density at radius 3 is 2.64 bits per heavy atom. The number of nitrogens with one attached hydrogen (secondary N) is 2. The smallest absolute Gasteiger partial charge is 0.191 e. The summed E-state index contributed by atoms with van der Waals surface area (Å²) < 4.78 is 5.41. The minimum Gasteiger partial charge on any atom is -0.379 e. The van der Waals surface area contributed by atoms with E-state index in [4.69, 9.17) is 4.74 Å². The summed E-state index contributed by atoms with van der Waals surface area (Å²) in [5, 5.41) is 7.59. The van der Waals surface area contributed by atoms with Crippen molar-refractivity contribution in [2.75, 3.05) is 45.6 Å². The molecular formula is C19H30N4OS.